The van der Waals surface area contributed by atoms with E-state index in [0.29, 0.717) is 13.2 Å². The largest absolute Gasteiger partial charge is 0.490 e. The number of nitrogens with zero attached hydrogens (tertiary/aromatic N) is 2. The summed E-state index contributed by atoms with van der Waals surface area (Å²) in [5.41, 5.74) is 3.01. The smallest absolute Gasteiger partial charge is 0.161 e. The first kappa shape index (κ1) is 31.8. The average Bonchev–Trinajstić information content (AvgIpc) is 2.86. The summed E-state index contributed by atoms with van der Waals surface area (Å²) in [5, 5.41) is 0. The van der Waals surface area contributed by atoms with Crippen LogP contribution in [0.5, 0.6) is 11.5 Å². The average molecular weight is 568 g/mol. The predicted molar refractivity (Wildman–Crippen MR) is 154 cm³/mol. The van der Waals surface area contributed by atoms with Crippen molar-refractivity contribution in [3.8, 4) is 11.5 Å². The van der Waals surface area contributed by atoms with Gasteiger partial charge in [0.25, 0.3) is 0 Å². The predicted octanol–water partition coefficient (Wildman–Crippen LogP) is 6.94. The van der Waals surface area contributed by atoms with Crippen molar-refractivity contribution in [1.29, 1.82) is 0 Å². The number of hydrogen-bond acceptors (Lipinski definition) is 4. The molecule has 0 bridgehead atoms. The van der Waals surface area contributed by atoms with Crippen LogP contribution in [0.2, 0.25) is 0 Å². The lowest BCUT2D eigenvalue weighted by molar-refractivity contribution is 0.0133. The van der Waals surface area contributed by atoms with Crippen molar-refractivity contribution in [1.82, 2.24) is 9.80 Å². The molecule has 4 rings (SSSR count). The molecule has 1 heterocycles. The molecule has 1 fully saturated rings. The number of piperazine rings is 1. The lowest BCUT2D eigenvalue weighted by Gasteiger charge is -2.50. The van der Waals surface area contributed by atoms with Crippen LogP contribution in [0, 0.1) is 11.6 Å². The van der Waals surface area contributed by atoms with Gasteiger partial charge in [-0.1, -0.05) is 30.3 Å². The molecule has 0 N–H and O–H groups in total. The summed E-state index contributed by atoms with van der Waals surface area (Å²) in [5.74, 6) is 1.01. The Morgan fingerprint density at radius 3 is 1.84 bits per heavy atom. The van der Waals surface area contributed by atoms with Crippen LogP contribution in [0.25, 0.3) is 0 Å². The zero-order valence-corrected chi connectivity index (χ0v) is 24.1. The van der Waals surface area contributed by atoms with Gasteiger partial charge in [0.05, 0.1) is 19.3 Å². The van der Waals surface area contributed by atoms with Gasteiger partial charge in [0, 0.05) is 25.2 Å². The molecule has 1 atom stereocenters. The molecule has 8 heteroatoms. The number of benzene rings is 3. The van der Waals surface area contributed by atoms with Gasteiger partial charge in [-0.25, -0.2) is 8.78 Å². The molecule has 0 saturated carbocycles. The fourth-order valence-corrected chi connectivity index (χ4v) is 5.15. The van der Waals surface area contributed by atoms with E-state index >= 15 is 0 Å². The molecular formula is C30H38Cl2F2N2O2. The van der Waals surface area contributed by atoms with Crippen molar-refractivity contribution in [2.24, 2.45) is 0 Å². The summed E-state index contributed by atoms with van der Waals surface area (Å²) in [7, 11) is 2.17. The van der Waals surface area contributed by atoms with Gasteiger partial charge in [-0.3, -0.25) is 9.80 Å². The molecule has 1 aliphatic rings. The first-order chi connectivity index (χ1) is 17.3. The lowest BCUT2D eigenvalue weighted by Crippen LogP contribution is -2.60. The van der Waals surface area contributed by atoms with Crippen LogP contribution in [0.3, 0.4) is 0 Å². The van der Waals surface area contributed by atoms with Crippen molar-refractivity contribution in [3.05, 3.63) is 95.1 Å². The van der Waals surface area contributed by atoms with Gasteiger partial charge in [0.2, 0.25) is 0 Å². The summed E-state index contributed by atoms with van der Waals surface area (Å²) >= 11 is 0. The number of halogens is 4. The third-order valence-electron chi connectivity index (χ3n) is 7.12. The third kappa shape index (κ3) is 7.38. The summed E-state index contributed by atoms with van der Waals surface area (Å²) in [6.07, 6.45) is 0.825. The summed E-state index contributed by atoms with van der Waals surface area (Å²) in [4.78, 5) is 4.84. The maximum absolute atomic E-state index is 13.7. The fourth-order valence-electron chi connectivity index (χ4n) is 5.15. The topological polar surface area (TPSA) is 24.9 Å². The van der Waals surface area contributed by atoms with Crippen LogP contribution in [0.15, 0.2) is 66.7 Å². The highest BCUT2D eigenvalue weighted by atomic mass is 35.5. The second-order valence-corrected chi connectivity index (χ2v) is 9.72. The van der Waals surface area contributed by atoms with Crippen LogP contribution < -0.4 is 9.47 Å². The van der Waals surface area contributed by atoms with Crippen LogP contribution >= 0.6 is 24.8 Å². The van der Waals surface area contributed by atoms with E-state index in [0.717, 1.165) is 48.7 Å². The minimum atomic E-state index is -0.263. The monoisotopic (exact) mass is 566 g/mol. The molecule has 4 nitrogen and oxygen atoms in total. The maximum atomic E-state index is 13.7. The van der Waals surface area contributed by atoms with Crippen molar-refractivity contribution in [3.63, 3.8) is 0 Å². The van der Waals surface area contributed by atoms with Crippen molar-refractivity contribution >= 4 is 24.8 Å². The van der Waals surface area contributed by atoms with Crippen molar-refractivity contribution in [2.45, 2.75) is 38.8 Å². The van der Waals surface area contributed by atoms with Gasteiger partial charge in [0.15, 0.2) is 11.5 Å². The van der Waals surface area contributed by atoms with Crippen LogP contribution in [0.4, 0.5) is 8.78 Å². The van der Waals surface area contributed by atoms with E-state index in [1.165, 1.54) is 29.8 Å². The van der Waals surface area contributed by atoms with E-state index in [1.807, 2.05) is 44.2 Å². The van der Waals surface area contributed by atoms with E-state index in [1.54, 1.807) is 0 Å². The van der Waals surface area contributed by atoms with Crippen molar-refractivity contribution < 1.29 is 18.3 Å². The Hall–Kier alpha value is -2.38. The Labute approximate surface area is 237 Å². The first-order valence-corrected chi connectivity index (χ1v) is 12.7. The molecule has 38 heavy (non-hydrogen) atoms. The highest BCUT2D eigenvalue weighted by molar-refractivity contribution is 5.85. The first-order valence-electron chi connectivity index (χ1n) is 12.7. The third-order valence-corrected chi connectivity index (χ3v) is 7.12. The standard InChI is InChI=1S/C30H36F2N2O2.2ClH/c1-5-35-27-16-7-22(19-28(27)36-6-2)20-30(3)21-34(18-17-33(30)4)29(23-8-12-25(31)13-9-23)24-10-14-26(32)15-11-24;;/h7-16,19,29H,5-6,17-18,20-21H2,1-4H3;2*1H. The number of ether oxygens (including phenoxy) is 2. The molecule has 1 unspecified atom stereocenters. The van der Waals surface area contributed by atoms with Crippen LogP contribution in [-0.2, 0) is 6.42 Å². The maximum Gasteiger partial charge on any atom is 0.161 e. The zero-order valence-electron chi connectivity index (χ0n) is 22.5. The second kappa shape index (κ2) is 14.1. The normalized spacial score (nSPS) is 18.0. The van der Waals surface area contributed by atoms with E-state index < -0.39 is 0 Å². The molecule has 1 aliphatic heterocycles. The summed E-state index contributed by atoms with van der Waals surface area (Å²) in [6.45, 7) is 9.90. The van der Waals surface area contributed by atoms with Crippen LogP contribution in [-0.4, -0.2) is 55.2 Å². The molecular weight excluding hydrogens is 529 g/mol. The zero-order chi connectivity index (χ0) is 25.7. The number of likely N-dealkylation sites (N-methyl/N-ethyl adjacent to an activating group) is 1. The summed E-state index contributed by atoms with van der Waals surface area (Å²) < 4.78 is 39.1. The van der Waals surface area contributed by atoms with E-state index in [4.69, 9.17) is 9.47 Å². The number of rotatable bonds is 9. The van der Waals surface area contributed by atoms with Crippen LogP contribution in [0.1, 0.15) is 43.5 Å². The molecule has 3 aromatic carbocycles. The number of hydrogen-bond donors (Lipinski definition) is 0. The molecule has 0 spiro atoms. The van der Waals surface area contributed by atoms with E-state index in [2.05, 4.69) is 35.9 Å². The quantitative estimate of drug-likeness (QED) is 0.280. The SMILES string of the molecule is CCOc1ccc(CC2(C)CN(C(c3ccc(F)cc3)c3ccc(F)cc3)CCN2C)cc1OCC.Cl.Cl. The molecule has 3 aromatic rings. The lowest BCUT2D eigenvalue weighted by atomic mass is 9.86. The van der Waals surface area contributed by atoms with Gasteiger partial charge < -0.3 is 9.47 Å². The molecule has 0 aromatic heterocycles. The Morgan fingerprint density at radius 1 is 0.789 bits per heavy atom. The van der Waals surface area contributed by atoms with Gasteiger partial charge >= 0.3 is 0 Å². The Balaban J connectivity index is 0.00000253. The highest BCUT2D eigenvalue weighted by Gasteiger charge is 2.39. The Morgan fingerprint density at radius 2 is 1.32 bits per heavy atom. The van der Waals surface area contributed by atoms with Gasteiger partial charge in [-0.2, -0.15) is 0 Å². The highest BCUT2D eigenvalue weighted by Crippen LogP contribution is 2.36. The molecule has 0 aliphatic carbocycles. The fraction of sp³-hybridized carbons (Fsp3) is 0.400. The van der Waals surface area contributed by atoms with Gasteiger partial charge in [0.1, 0.15) is 11.6 Å². The minimum Gasteiger partial charge on any atom is -0.490 e. The molecule has 1 saturated heterocycles. The van der Waals surface area contributed by atoms with Crippen molar-refractivity contribution in [2.75, 3.05) is 39.9 Å². The van der Waals surface area contributed by atoms with Gasteiger partial charge in [-0.05, 0) is 87.3 Å². The summed E-state index contributed by atoms with van der Waals surface area (Å²) in [6, 6.07) is 19.4. The molecule has 0 amide bonds. The molecule has 0 radical (unpaired) electrons. The second-order valence-electron chi connectivity index (χ2n) is 9.72. The Kier molecular flexibility index (Phi) is 11.8. The van der Waals surface area contributed by atoms with E-state index in [9.17, 15) is 8.78 Å². The minimum absolute atomic E-state index is 0. The molecule has 208 valence electrons. The van der Waals surface area contributed by atoms with E-state index in [-0.39, 0.29) is 48.0 Å². The van der Waals surface area contributed by atoms with Gasteiger partial charge in [-0.15, -0.1) is 24.8 Å². The Bertz CT molecular complexity index is 1100.